The molecule has 2 aromatic heterocycles. The SMILES string of the molecule is C=C(/N=C\c1c(C)c(-c2cccc(C3(O)COC3)n2)cn1[C@@H]1CCOC1)NC(N)=O. The van der Waals surface area contributed by atoms with E-state index >= 15 is 0 Å². The van der Waals surface area contributed by atoms with E-state index in [9.17, 15) is 9.90 Å². The van der Waals surface area contributed by atoms with Crippen molar-refractivity contribution in [3.05, 3.63) is 53.7 Å². The summed E-state index contributed by atoms with van der Waals surface area (Å²) in [6.07, 6.45) is 4.58. The summed E-state index contributed by atoms with van der Waals surface area (Å²) in [6.45, 7) is 7.48. The summed E-state index contributed by atoms with van der Waals surface area (Å²) < 4.78 is 12.8. The van der Waals surface area contributed by atoms with Crippen molar-refractivity contribution in [2.24, 2.45) is 10.7 Å². The van der Waals surface area contributed by atoms with Crippen LogP contribution in [0.1, 0.15) is 29.4 Å². The molecule has 2 fully saturated rings. The van der Waals surface area contributed by atoms with E-state index in [-0.39, 0.29) is 25.1 Å². The van der Waals surface area contributed by atoms with Gasteiger partial charge in [0.2, 0.25) is 0 Å². The minimum Gasteiger partial charge on any atom is -0.379 e. The van der Waals surface area contributed by atoms with Gasteiger partial charge in [0.05, 0.1) is 49.2 Å². The van der Waals surface area contributed by atoms with Gasteiger partial charge in [-0.15, -0.1) is 0 Å². The molecule has 4 N–H and O–H groups in total. The summed E-state index contributed by atoms with van der Waals surface area (Å²) in [4.78, 5) is 20.0. The molecule has 2 aliphatic rings. The van der Waals surface area contributed by atoms with Crippen molar-refractivity contribution in [2.45, 2.75) is 25.0 Å². The average Bonchev–Trinajstić information content (AvgIpc) is 3.32. The van der Waals surface area contributed by atoms with Gasteiger partial charge in [0.1, 0.15) is 5.82 Å². The normalized spacial score (nSPS) is 20.3. The summed E-state index contributed by atoms with van der Waals surface area (Å²) in [5.74, 6) is 0.159. The standard InChI is InChI=1S/C21H25N5O4/c1-13-16(17-4-3-5-19(25-17)21(28)11-30-12-21)9-26(15-6-7-29-10-15)18(13)8-23-14(2)24-20(22)27/h3-5,8-9,15,28H,2,6-7,10-12H2,1H3,(H3,22,24,27)/b23-8-/t15-/m1/s1. The van der Waals surface area contributed by atoms with E-state index in [4.69, 9.17) is 20.2 Å². The molecule has 158 valence electrons. The molecular formula is C21H25N5O4. The molecule has 0 bridgehead atoms. The Morgan fingerprint density at radius 1 is 1.47 bits per heavy atom. The fourth-order valence-electron chi connectivity index (χ4n) is 3.70. The predicted molar refractivity (Wildman–Crippen MR) is 111 cm³/mol. The zero-order valence-electron chi connectivity index (χ0n) is 16.8. The highest BCUT2D eigenvalue weighted by atomic mass is 16.5. The number of hydrogen-bond acceptors (Lipinski definition) is 6. The number of hydrogen-bond donors (Lipinski definition) is 3. The lowest BCUT2D eigenvalue weighted by molar-refractivity contribution is -0.186. The number of primary amides is 1. The number of nitrogens with zero attached hydrogens (tertiary/aromatic N) is 3. The minimum atomic E-state index is -1.03. The number of nitrogens with two attached hydrogens (primary N) is 1. The van der Waals surface area contributed by atoms with Crippen molar-refractivity contribution in [3.63, 3.8) is 0 Å². The van der Waals surface area contributed by atoms with Crippen LogP contribution in [0.15, 0.2) is 41.8 Å². The summed E-state index contributed by atoms with van der Waals surface area (Å²) in [6, 6.07) is 5.07. The van der Waals surface area contributed by atoms with Crippen molar-refractivity contribution in [2.75, 3.05) is 26.4 Å². The van der Waals surface area contributed by atoms with Gasteiger partial charge in [0.15, 0.2) is 5.60 Å². The summed E-state index contributed by atoms with van der Waals surface area (Å²) in [5, 5.41) is 12.9. The minimum absolute atomic E-state index is 0.159. The molecule has 0 saturated carbocycles. The lowest BCUT2D eigenvalue weighted by Crippen LogP contribution is -2.47. The third kappa shape index (κ3) is 3.87. The number of pyridine rings is 1. The lowest BCUT2D eigenvalue weighted by atomic mass is 9.96. The average molecular weight is 411 g/mol. The van der Waals surface area contributed by atoms with Crippen molar-refractivity contribution >= 4 is 12.2 Å². The van der Waals surface area contributed by atoms with Crippen LogP contribution in [0.3, 0.4) is 0 Å². The first-order valence-electron chi connectivity index (χ1n) is 9.74. The van der Waals surface area contributed by atoms with Crippen molar-refractivity contribution in [3.8, 4) is 11.3 Å². The Hall–Kier alpha value is -3.01. The van der Waals surface area contributed by atoms with Crippen LogP contribution in [-0.2, 0) is 15.1 Å². The van der Waals surface area contributed by atoms with E-state index in [1.165, 1.54) is 0 Å². The van der Waals surface area contributed by atoms with E-state index in [1.807, 2.05) is 31.3 Å². The monoisotopic (exact) mass is 411 g/mol. The van der Waals surface area contributed by atoms with Crippen LogP contribution in [0.4, 0.5) is 4.79 Å². The van der Waals surface area contributed by atoms with Gasteiger partial charge in [-0.25, -0.2) is 14.8 Å². The van der Waals surface area contributed by atoms with Gasteiger partial charge in [-0.1, -0.05) is 12.6 Å². The van der Waals surface area contributed by atoms with Crippen molar-refractivity contribution < 1.29 is 19.4 Å². The Kier molecular flexibility index (Phi) is 5.42. The second-order valence-electron chi connectivity index (χ2n) is 7.60. The van der Waals surface area contributed by atoms with Crippen LogP contribution in [0.2, 0.25) is 0 Å². The van der Waals surface area contributed by atoms with E-state index < -0.39 is 11.6 Å². The van der Waals surface area contributed by atoms with Crippen LogP contribution in [-0.4, -0.2) is 53.3 Å². The number of urea groups is 1. The van der Waals surface area contributed by atoms with Gasteiger partial charge in [0.25, 0.3) is 0 Å². The maximum absolute atomic E-state index is 11.0. The molecule has 4 heterocycles. The fourth-order valence-corrected chi connectivity index (χ4v) is 3.70. The molecule has 1 atom stereocenters. The molecule has 9 heteroatoms. The second kappa shape index (κ2) is 8.02. The third-order valence-electron chi connectivity index (χ3n) is 5.43. The van der Waals surface area contributed by atoms with Crippen LogP contribution in [0, 0.1) is 6.92 Å². The molecule has 0 aliphatic carbocycles. The number of rotatable bonds is 6. The Morgan fingerprint density at radius 2 is 2.27 bits per heavy atom. The first-order valence-corrected chi connectivity index (χ1v) is 9.74. The lowest BCUT2D eigenvalue weighted by Gasteiger charge is -2.35. The summed E-state index contributed by atoms with van der Waals surface area (Å²) in [5.41, 5.74) is 8.21. The van der Waals surface area contributed by atoms with Crippen LogP contribution < -0.4 is 11.1 Å². The number of amides is 2. The molecule has 2 aliphatic heterocycles. The maximum Gasteiger partial charge on any atom is 0.317 e. The van der Waals surface area contributed by atoms with Gasteiger partial charge < -0.3 is 24.9 Å². The highest BCUT2D eigenvalue weighted by molar-refractivity contribution is 5.85. The van der Waals surface area contributed by atoms with Gasteiger partial charge in [-0.2, -0.15) is 0 Å². The predicted octanol–water partition coefficient (Wildman–Crippen LogP) is 1.60. The highest BCUT2D eigenvalue weighted by Crippen LogP contribution is 2.33. The van der Waals surface area contributed by atoms with Crippen molar-refractivity contribution in [1.82, 2.24) is 14.9 Å². The number of carbonyl (C=O) groups is 1. The second-order valence-corrected chi connectivity index (χ2v) is 7.60. The summed E-state index contributed by atoms with van der Waals surface area (Å²) in [7, 11) is 0. The number of aromatic nitrogens is 2. The third-order valence-corrected chi connectivity index (χ3v) is 5.43. The zero-order chi connectivity index (χ0) is 21.3. The molecule has 4 rings (SSSR count). The van der Waals surface area contributed by atoms with E-state index in [0.717, 1.165) is 28.9 Å². The number of aliphatic imine (C=N–C) groups is 1. The van der Waals surface area contributed by atoms with Crippen molar-refractivity contribution in [1.29, 1.82) is 0 Å². The molecule has 2 amide bonds. The number of aliphatic hydroxyl groups is 1. The highest BCUT2D eigenvalue weighted by Gasteiger charge is 2.39. The van der Waals surface area contributed by atoms with Crippen LogP contribution in [0.5, 0.6) is 0 Å². The molecule has 0 unspecified atom stereocenters. The fraction of sp³-hybridized carbons (Fsp3) is 0.381. The largest absolute Gasteiger partial charge is 0.379 e. The molecule has 0 radical (unpaired) electrons. The Balaban J connectivity index is 1.72. The topological polar surface area (TPSA) is 124 Å². The van der Waals surface area contributed by atoms with Gasteiger partial charge >= 0.3 is 6.03 Å². The van der Waals surface area contributed by atoms with Crippen LogP contribution >= 0.6 is 0 Å². The van der Waals surface area contributed by atoms with E-state index in [1.54, 1.807) is 6.21 Å². The molecule has 2 saturated heterocycles. The summed E-state index contributed by atoms with van der Waals surface area (Å²) >= 11 is 0. The zero-order valence-corrected chi connectivity index (χ0v) is 16.8. The molecular weight excluding hydrogens is 386 g/mol. The number of nitrogens with one attached hydrogen (secondary N) is 1. The van der Waals surface area contributed by atoms with Gasteiger partial charge in [-0.3, -0.25) is 5.32 Å². The number of carbonyl (C=O) groups excluding carboxylic acids is 1. The molecule has 0 aromatic carbocycles. The Labute approximate surface area is 174 Å². The van der Waals surface area contributed by atoms with Crippen LogP contribution in [0.25, 0.3) is 11.3 Å². The maximum atomic E-state index is 11.0. The van der Waals surface area contributed by atoms with E-state index in [2.05, 4.69) is 21.5 Å². The first-order chi connectivity index (χ1) is 14.4. The molecule has 30 heavy (non-hydrogen) atoms. The number of ether oxygens (including phenoxy) is 2. The Morgan fingerprint density at radius 3 is 2.90 bits per heavy atom. The first kappa shape index (κ1) is 20.3. The molecule has 2 aromatic rings. The molecule has 9 nitrogen and oxygen atoms in total. The van der Waals surface area contributed by atoms with Gasteiger partial charge in [-0.05, 0) is 31.0 Å². The van der Waals surface area contributed by atoms with E-state index in [0.29, 0.717) is 18.9 Å². The Bertz CT molecular complexity index is 1000. The molecule has 0 spiro atoms. The van der Waals surface area contributed by atoms with Gasteiger partial charge in [0, 0.05) is 18.4 Å². The smallest absolute Gasteiger partial charge is 0.317 e. The quantitative estimate of drug-likeness (QED) is 0.623.